The number of benzene rings is 1. The first-order valence-corrected chi connectivity index (χ1v) is 9.94. The molecule has 0 bridgehead atoms. The van der Waals surface area contributed by atoms with Gasteiger partial charge in [0.05, 0.1) is 17.8 Å². The third-order valence-corrected chi connectivity index (χ3v) is 5.46. The van der Waals surface area contributed by atoms with Crippen molar-refractivity contribution in [3.05, 3.63) is 64.6 Å². The van der Waals surface area contributed by atoms with Crippen molar-refractivity contribution in [3.8, 4) is 10.6 Å². The number of nitrogens with zero attached hydrogens (tertiary/aromatic N) is 3. The molecule has 0 aliphatic heterocycles. The second-order valence-electron chi connectivity index (χ2n) is 6.20. The van der Waals surface area contributed by atoms with Crippen LogP contribution < -0.4 is 5.32 Å². The molecule has 3 aromatic heterocycles. The monoisotopic (exact) mass is 414 g/mol. The molecule has 0 aliphatic rings. The molecule has 3 heterocycles. The van der Waals surface area contributed by atoms with Crippen LogP contribution in [0.1, 0.15) is 12.6 Å². The number of rotatable bonds is 5. The van der Waals surface area contributed by atoms with E-state index in [0.717, 1.165) is 34.2 Å². The minimum absolute atomic E-state index is 0.0588. The molecule has 28 heavy (non-hydrogen) atoms. The van der Waals surface area contributed by atoms with Crippen molar-refractivity contribution < 1.29 is 9.18 Å². The Hall–Kier alpha value is -2.77. The lowest BCUT2D eigenvalue weighted by molar-refractivity contribution is -0.115. The first kappa shape index (κ1) is 18.6. The largest absolute Gasteiger partial charge is 0.332 e. The van der Waals surface area contributed by atoms with E-state index in [9.17, 15) is 9.18 Å². The molecule has 0 saturated heterocycles. The average molecular weight is 415 g/mol. The minimum atomic E-state index is -0.570. The maximum Gasteiger partial charge on any atom is 0.230 e. The molecule has 4 rings (SSSR count). The molecule has 0 saturated carbocycles. The van der Waals surface area contributed by atoms with E-state index >= 15 is 0 Å². The second kappa shape index (κ2) is 7.69. The van der Waals surface area contributed by atoms with Gasteiger partial charge in [-0.2, -0.15) is 0 Å². The Balaban J connectivity index is 1.54. The number of anilines is 1. The molecule has 0 fully saturated rings. The molecule has 1 aromatic carbocycles. The van der Waals surface area contributed by atoms with E-state index in [2.05, 4.69) is 26.8 Å². The van der Waals surface area contributed by atoms with Crippen molar-refractivity contribution in [2.24, 2.45) is 0 Å². The molecule has 4 aromatic rings. The minimum Gasteiger partial charge on any atom is -0.332 e. The van der Waals surface area contributed by atoms with Gasteiger partial charge in [0, 0.05) is 40.3 Å². The van der Waals surface area contributed by atoms with E-state index in [0.29, 0.717) is 5.69 Å². The van der Waals surface area contributed by atoms with Crippen LogP contribution in [0.4, 0.5) is 10.1 Å². The van der Waals surface area contributed by atoms with Crippen LogP contribution in [-0.4, -0.2) is 20.4 Å². The van der Waals surface area contributed by atoms with Gasteiger partial charge < -0.3 is 9.88 Å². The summed E-state index contributed by atoms with van der Waals surface area (Å²) in [5.41, 5.74) is 2.63. The van der Waals surface area contributed by atoms with E-state index in [1.807, 2.05) is 23.7 Å². The molecule has 1 amide bonds. The number of fused-ring (bicyclic) bond motifs is 1. The summed E-state index contributed by atoms with van der Waals surface area (Å²) in [4.78, 5) is 21.3. The fourth-order valence-corrected chi connectivity index (χ4v) is 4.00. The number of nitrogens with one attached hydrogen (secondary N) is 1. The van der Waals surface area contributed by atoms with Gasteiger partial charge in [0.1, 0.15) is 16.5 Å². The first-order chi connectivity index (χ1) is 13.5. The van der Waals surface area contributed by atoms with Gasteiger partial charge in [-0.1, -0.05) is 11.6 Å². The molecule has 5 nitrogen and oxygen atoms in total. The van der Waals surface area contributed by atoms with Gasteiger partial charge in [0.25, 0.3) is 0 Å². The number of amides is 1. The molecular formula is C20H16ClFN4OS. The summed E-state index contributed by atoms with van der Waals surface area (Å²) in [7, 11) is 0. The summed E-state index contributed by atoms with van der Waals surface area (Å²) in [5.74, 6) is -0.907. The fourth-order valence-electron chi connectivity index (χ4n) is 3.00. The number of hydrogen-bond acceptors (Lipinski definition) is 4. The highest BCUT2D eigenvalue weighted by Gasteiger charge is 2.15. The number of aromatic nitrogens is 3. The number of thiazole rings is 1. The molecule has 0 aliphatic carbocycles. The SMILES string of the molecule is CCn1cc(-c2nc(CC(=O)Nc3ccc(Cl)cc3F)cs2)c2cccnc21. The maximum absolute atomic E-state index is 13.8. The quantitative estimate of drug-likeness (QED) is 0.491. The summed E-state index contributed by atoms with van der Waals surface area (Å²) in [6, 6.07) is 8.04. The van der Waals surface area contributed by atoms with Crippen molar-refractivity contribution in [1.82, 2.24) is 14.5 Å². The van der Waals surface area contributed by atoms with Crippen LogP contribution in [0.5, 0.6) is 0 Å². The summed E-state index contributed by atoms with van der Waals surface area (Å²) < 4.78 is 15.9. The van der Waals surface area contributed by atoms with E-state index in [1.54, 1.807) is 6.20 Å². The zero-order valence-corrected chi connectivity index (χ0v) is 16.5. The number of carbonyl (C=O) groups is 1. The van der Waals surface area contributed by atoms with Crippen LogP contribution >= 0.6 is 22.9 Å². The van der Waals surface area contributed by atoms with Crippen LogP contribution in [0, 0.1) is 5.82 Å². The Morgan fingerprint density at radius 3 is 3.00 bits per heavy atom. The molecule has 8 heteroatoms. The lowest BCUT2D eigenvalue weighted by Crippen LogP contribution is -2.15. The highest BCUT2D eigenvalue weighted by atomic mass is 35.5. The van der Waals surface area contributed by atoms with E-state index in [4.69, 9.17) is 11.6 Å². The van der Waals surface area contributed by atoms with Gasteiger partial charge in [-0.15, -0.1) is 11.3 Å². The number of carbonyl (C=O) groups excluding carboxylic acids is 1. The molecule has 0 radical (unpaired) electrons. The summed E-state index contributed by atoms with van der Waals surface area (Å²) >= 11 is 7.20. The van der Waals surface area contributed by atoms with Crippen LogP contribution in [-0.2, 0) is 17.8 Å². The van der Waals surface area contributed by atoms with Crippen LogP contribution in [0.3, 0.4) is 0 Å². The van der Waals surface area contributed by atoms with Gasteiger partial charge in [-0.3, -0.25) is 4.79 Å². The zero-order valence-electron chi connectivity index (χ0n) is 14.9. The zero-order chi connectivity index (χ0) is 19.7. The van der Waals surface area contributed by atoms with Crippen molar-refractivity contribution in [2.75, 3.05) is 5.32 Å². The van der Waals surface area contributed by atoms with Crippen LogP contribution in [0.15, 0.2) is 48.1 Å². The number of pyridine rings is 1. The molecular weight excluding hydrogens is 399 g/mol. The summed E-state index contributed by atoms with van der Waals surface area (Å²) in [6.45, 7) is 2.87. The summed E-state index contributed by atoms with van der Waals surface area (Å²) in [5, 5.41) is 6.53. The lowest BCUT2D eigenvalue weighted by Gasteiger charge is -2.05. The Morgan fingerprint density at radius 2 is 2.21 bits per heavy atom. The number of hydrogen-bond donors (Lipinski definition) is 1. The summed E-state index contributed by atoms with van der Waals surface area (Å²) in [6.07, 6.45) is 3.86. The van der Waals surface area contributed by atoms with Gasteiger partial charge in [0.15, 0.2) is 0 Å². The van der Waals surface area contributed by atoms with Gasteiger partial charge in [0.2, 0.25) is 5.91 Å². The van der Waals surface area contributed by atoms with Gasteiger partial charge in [-0.25, -0.2) is 14.4 Å². The number of halogens is 2. The first-order valence-electron chi connectivity index (χ1n) is 8.68. The highest BCUT2D eigenvalue weighted by Crippen LogP contribution is 2.32. The predicted octanol–water partition coefficient (Wildman–Crippen LogP) is 5.15. The van der Waals surface area contributed by atoms with Crippen LogP contribution in [0.25, 0.3) is 21.6 Å². The highest BCUT2D eigenvalue weighted by molar-refractivity contribution is 7.13. The molecule has 0 unspecified atom stereocenters. The molecule has 142 valence electrons. The van der Waals surface area contributed by atoms with Crippen LogP contribution in [0.2, 0.25) is 5.02 Å². The molecule has 0 atom stereocenters. The van der Waals surface area contributed by atoms with E-state index in [1.165, 1.54) is 23.5 Å². The Bertz CT molecular complexity index is 1170. The van der Waals surface area contributed by atoms with Crippen molar-refractivity contribution in [2.45, 2.75) is 19.9 Å². The maximum atomic E-state index is 13.8. The third kappa shape index (κ3) is 3.63. The molecule has 0 spiro atoms. The van der Waals surface area contributed by atoms with Crippen molar-refractivity contribution in [3.63, 3.8) is 0 Å². The fraction of sp³-hybridized carbons (Fsp3) is 0.150. The number of aryl methyl sites for hydroxylation is 1. The standard InChI is InChI=1S/C20H16ClFN4OS/c1-2-26-10-15(14-4-3-7-23-19(14)26)20-24-13(11-28-20)9-18(27)25-17-6-5-12(21)8-16(17)22/h3-8,10-11H,2,9H2,1H3,(H,25,27). The van der Waals surface area contributed by atoms with Crippen molar-refractivity contribution in [1.29, 1.82) is 0 Å². The second-order valence-corrected chi connectivity index (χ2v) is 7.49. The average Bonchev–Trinajstić information content (AvgIpc) is 3.28. The smallest absolute Gasteiger partial charge is 0.230 e. The predicted molar refractivity (Wildman–Crippen MR) is 110 cm³/mol. The normalized spacial score (nSPS) is 11.1. The van der Waals surface area contributed by atoms with Gasteiger partial charge in [-0.05, 0) is 37.3 Å². The Labute approximate surface area is 169 Å². The van der Waals surface area contributed by atoms with Crippen molar-refractivity contribution >= 4 is 45.6 Å². The third-order valence-electron chi connectivity index (χ3n) is 4.30. The van der Waals surface area contributed by atoms with Gasteiger partial charge >= 0.3 is 0 Å². The molecule has 1 N–H and O–H groups in total. The topological polar surface area (TPSA) is 59.8 Å². The Morgan fingerprint density at radius 1 is 1.36 bits per heavy atom. The van der Waals surface area contributed by atoms with E-state index in [-0.39, 0.29) is 23.0 Å². The van der Waals surface area contributed by atoms with E-state index < -0.39 is 5.82 Å². The lowest BCUT2D eigenvalue weighted by atomic mass is 10.2. The Kier molecular flexibility index (Phi) is 5.11.